The van der Waals surface area contributed by atoms with Crippen molar-refractivity contribution >= 4 is 17.0 Å². The molecule has 2 aromatic rings. The van der Waals surface area contributed by atoms with Gasteiger partial charge < -0.3 is 5.11 Å². The summed E-state index contributed by atoms with van der Waals surface area (Å²) >= 11 is 0. The van der Waals surface area contributed by atoms with Crippen molar-refractivity contribution in [3.05, 3.63) is 23.5 Å². The molecule has 0 saturated carbocycles. The first-order valence-corrected chi connectivity index (χ1v) is 4.68. The Kier molecular flexibility index (Phi) is 2.15. The lowest BCUT2D eigenvalue weighted by atomic mass is 10.1. The van der Waals surface area contributed by atoms with Crippen LogP contribution in [0.4, 0.5) is 0 Å². The summed E-state index contributed by atoms with van der Waals surface area (Å²) in [5.41, 5.74) is 1.68. The molecule has 5 nitrogen and oxygen atoms in total. The van der Waals surface area contributed by atoms with E-state index in [2.05, 4.69) is 10.1 Å². The van der Waals surface area contributed by atoms with Gasteiger partial charge in [0.1, 0.15) is 0 Å². The van der Waals surface area contributed by atoms with E-state index in [1.165, 1.54) is 4.68 Å². The number of carbonyl (C=O) groups is 1. The van der Waals surface area contributed by atoms with Crippen LogP contribution < -0.4 is 0 Å². The van der Waals surface area contributed by atoms with Crippen molar-refractivity contribution in [2.24, 2.45) is 7.05 Å². The van der Waals surface area contributed by atoms with Crippen molar-refractivity contribution in [2.75, 3.05) is 0 Å². The van der Waals surface area contributed by atoms with Crippen molar-refractivity contribution in [3.8, 4) is 0 Å². The lowest BCUT2D eigenvalue weighted by Crippen LogP contribution is -1.99. The Labute approximate surface area is 86.4 Å². The van der Waals surface area contributed by atoms with Gasteiger partial charge in [0, 0.05) is 13.2 Å². The number of pyridine rings is 1. The van der Waals surface area contributed by atoms with Gasteiger partial charge >= 0.3 is 5.97 Å². The highest BCUT2D eigenvalue weighted by molar-refractivity contribution is 6.00. The lowest BCUT2D eigenvalue weighted by molar-refractivity contribution is 0.0691. The molecule has 0 amide bonds. The van der Waals surface area contributed by atoms with Crippen molar-refractivity contribution in [2.45, 2.75) is 13.3 Å². The summed E-state index contributed by atoms with van der Waals surface area (Å²) < 4.78 is 1.48. The SMILES string of the molecule is CCc1cnc2c(c1)c(C(=O)O)nn2C. The maximum Gasteiger partial charge on any atom is 0.357 e. The summed E-state index contributed by atoms with van der Waals surface area (Å²) in [6.07, 6.45) is 2.58. The average molecular weight is 205 g/mol. The molecule has 0 bridgehead atoms. The molecule has 0 fully saturated rings. The fourth-order valence-electron chi connectivity index (χ4n) is 1.54. The second-order valence-electron chi connectivity index (χ2n) is 3.35. The van der Waals surface area contributed by atoms with E-state index >= 15 is 0 Å². The number of aryl methyl sites for hydroxylation is 2. The Bertz CT molecular complexity index is 531. The summed E-state index contributed by atoms with van der Waals surface area (Å²) in [6.45, 7) is 2.00. The fraction of sp³-hybridized carbons (Fsp3) is 0.300. The van der Waals surface area contributed by atoms with Crippen LogP contribution in [0.1, 0.15) is 23.0 Å². The number of hydrogen-bond acceptors (Lipinski definition) is 3. The normalized spacial score (nSPS) is 10.8. The molecule has 0 aliphatic carbocycles. The van der Waals surface area contributed by atoms with Crippen molar-refractivity contribution in [3.63, 3.8) is 0 Å². The molecule has 0 aromatic carbocycles. The first-order valence-electron chi connectivity index (χ1n) is 4.68. The minimum atomic E-state index is -1.02. The second-order valence-corrected chi connectivity index (χ2v) is 3.35. The first-order chi connectivity index (χ1) is 7.13. The highest BCUT2D eigenvalue weighted by atomic mass is 16.4. The monoisotopic (exact) mass is 205 g/mol. The molecule has 0 aliphatic rings. The van der Waals surface area contributed by atoms with E-state index in [9.17, 15) is 4.79 Å². The van der Waals surface area contributed by atoms with Gasteiger partial charge in [-0.05, 0) is 18.1 Å². The van der Waals surface area contributed by atoms with E-state index in [1.54, 1.807) is 13.2 Å². The lowest BCUT2D eigenvalue weighted by Gasteiger charge is -1.96. The molecule has 0 spiro atoms. The first kappa shape index (κ1) is 9.64. The Morgan fingerprint density at radius 2 is 2.33 bits per heavy atom. The van der Waals surface area contributed by atoms with E-state index in [4.69, 9.17) is 5.11 Å². The molecule has 0 unspecified atom stereocenters. The van der Waals surface area contributed by atoms with Gasteiger partial charge in [-0.2, -0.15) is 5.10 Å². The van der Waals surface area contributed by atoms with Gasteiger partial charge in [-0.3, -0.25) is 0 Å². The Balaban J connectivity index is 2.77. The highest BCUT2D eigenvalue weighted by Crippen LogP contribution is 2.17. The Morgan fingerprint density at radius 3 is 2.93 bits per heavy atom. The number of carboxylic acid groups (broad SMARTS) is 1. The van der Waals surface area contributed by atoms with E-state index < -0.39 is 5.97 Å². The van der Waals surface area contributed by atoms with Crippen LogP contribution in [0.3, 0.4) is 0 Å². The van der Waals surface area contributed by atoms with E-state index in [0.29, 0.717) is 11.0 Å². The zero-order valence-electron chi connectivity index (χ0n) is 8.56. The third kappa shape index (κ3) is 1.45. The predicted molar refractivity (Wildman–Crippen MR) is 54.8 cm³/mol. The molecule has 5 heteroatoms. The summed E-state index contributed by atoms with van der Waals surface area (Å²) in [5, 5.41) is 13.5. The maximum absolute atomic E-state index is 10.9. The van der Waals surface area contributed by atoms with E-state index in [0.717, 1.165) is 12.0 Å². The topological polar surface area (TPSA) is 68.0 Å². The van der Waals surface area contributed by atoms with E-state index in [-0.39, 0.29) is 5.69 Å². The minimum Gasteiger partial charge on any atom is -0.476 e. The van der Waals surface area contributed by atoms with Crippen molar-refractivity contribution in [1.82, 2.24) is 14.8 Å². The highest BCUT2D eigenvalue weighted by Gasteiger charge is 2.15. The van der Waals surface area contributed by atoms with Gasteiger partial charge in [0.2, 0.25) is 0 Å². The zero-order chi connectivity index (χ0) is 11.0. The molecular formula is C10H11N3O2. The molecule has 2 aromatic heterocycles. The minimum absolute atomic E-state index is 0.0651. The van der Waals surface area contributed by atoms with Gasteiger partial charge in [0.25, 0.3) is 0 Å². The molecule has 0 atom stereocenters. The third-order valence-corrected chi connectivity index (χ3v) is 2.35. The number of aromatic carboxylic acids is 1. The molecule has 2 heterocycles. The van der Waals surface area contributed by atoms with Crippen LogP contribution in [-0.2, 0) is 13.5 Å². The molecule has 0 radical (unpaired) electrons. The molecule has 0 saturated heterocycles. The van der Waals surface area contributed by atoms with Gasteiger partial charge in [-0.1, -0.05) is 6.92 Å². The van der Waals surface area contributed by atoms with E-state index in [1.807, 2.05) is 13.0 Å². The molecular weight excluding hydrogens is 194 g/mol. The number of carboxylic acids is 1. The molecule has 1 N–H and O–H groups in total. The number of fused-ring (bicyclic) bond motifs is 1. The van der Waals surface area contributed by atoms with Crippen LogP contribution in [0, 0.1) is 0 Å². The van der Waals surface area contributed by atoms with Crippen LogP contribution in [0.15, 0.2) is 12.3 Å². The Hall–Kier alpha value is -1.91. The fourth-order valence-corrected chi connectivity index (χ4v) is 1.54. The van der Waals surface area contributed by atoms with Gasteiger partial charge in [-0.25, -0.2) is 14.5 Å². The van der Waals surface area contributed by atoms with Gasteiger partial charge in [0.15, 0.2) is 11.3 Å². The summed E-state index contributed by atoms with van der Waals surface area (Å²) in [6, 6.07) is 1.83. The number of hydrogen-bond donors (Lipinski definition) is 1. The molecule has 78 valence electrons. The van der Waals surface area contributed by atoms with Gasteiger partial charge in [-0.15, -0.1) is 0 Å². The zero-order valence-corrected chi connectivity index (χ0v) is 8.56. The summed E-state index contributed by atoms with van der Waals surface area (Å²) in [4.78, 5) is 15.1. The predicted octanol–water partition coefficient (Wildman–Crippen LogP) is 1.23. The second kappa shape index (κ2) is 3.34. The smallest absolute Gasteiger partial charge is 0.357 e. The Morgan fingerprint density at radius 1 is 1.60 bits per heavy atom. The van der Waals surface area contributed by atoms with Crippen LogP contribution in [0.5, 0.6) is 0 Å². The van der Waals surface area contributed by atoms with Crippen LogP contribution in [0.2, 0.25) is 0 Å². The largest absolute Gasteiger partial charge is 0.476 e. The summed E-state index contributed by atoms with van der Waals surface area (Å²) in [7, 11) is 1.69. The average Bonchev–Trinajstić information content (AvgIpc) is 2.56. The van der Waals surface area contributed by atoms with Crippen LogP contribution >= 0.6 is 0 Å². The molecule has 2 rings (SSSR count). The van der Waals surface area contributed by atoms with Crippen molar-refractivity contribution < 1.29 is 9.90 Å². The molecule has 15 heavy (non-hydrogen) atoms. The van der Waals surface area contributed by atoms with Gasteiger partial charge in [0.05, 0.1) is 5.39 Å². The third-order valence-electron chi connectivity index (χ3n) is 2.35. The van der Waals surface area contributed by atoms with Crippen LogP contribution in [-0.4, -0.2) is 25.8 Å². The standard InChI is InChI=1S/C10H11N3O2/c1-3-6-4-7-8(10(14)15)12-13(2)9(7)11-5-6/h4-5H,3H2,1-2H3,(H,14,15). The number of nitrogens with zero attached hydrogens (tertiary/aromatic N) is 3. The van der Waals surface area contributed by atoms with Crippen molar-refractivity contribution in [1.29, 1.82) is 0 Å². The molecule has 0 aliphatic heterocycles. The number of rotatable bonds is 2. The summed E-state index contributed by atoms with van der Waals surface area (Å²) in [5.74, 6) is -1.02. The number of aromatic nitrogens is 3. The van der Waals surface area contributed by atoms with Crippen LogP contribution in [0.25, 0.3) is 11.0 Å². The maximum atomic E-state index is 10.9. The quantitative estimate of drug-likeness (QED) is 0.800.